The van der Waals surface area contributed by atoms with Gasteiger partial charge in [-0.25, -0.2) is 9.59 Å². The molecule has 0 aliphatic rings. The fourth-order valence-corrected chi connectivity index (χ4v) is 2.83. The molecule has 6 nitrogen and oxygen atoms in total. The smallest absolute Gasteiger partial charge is 0.408 e. The number of benzene rings is 2. The van der Waals surface area contributed by atoms with Gasteiger partial charge in [-0.3, -0.25) is 0 Å². The topological polar surface area (TPSA) is 91.4 Å². The number of hydrogen-bond donors (Lipinski definition) is 3. The van der Waals surface area contributed by atoms with E-state index in [0.717, 1.165) is 22.0 Å². The summed E-state index contributed by atoms with van der Waals surface area (Å²) in [4.78, 5) is 26.5. The van der Waals surface area contributed by atoms with Crippen molar-refractivity contribution in [1.29, 1.82) is 0 Å². The number of nitrogens with one attached hydrogen (secondary N) is 2. The number of hydrogen-bond acceptors (Lipinski definition) is 3. The van der Waals surface area contributed by atoms with E-state index >= 15 is 0 Å². The number of aromatic amines is 1. The third kappa shape index (κ3) is 4.34. The van der Waals surface area contributed by atoms with Crippen LogP contribution >= 0.6 is 11.6 Å². The molecule has 0 aliphatic carbocycles. The molecule has 3 N–H and O–H groups in total. The van der Waals surface area contributed by atoms with Crippen molar-refractivity contribution < 1.29 is 19.4 Å². The molecule has 0 saturated heterocycles. The molecule has 1 aromatic heterocycles. The van der Waals surface area contributed by atoms with Gasteiger partial charge in [0.25, 0.3) is 0 Å². The molecular weight excluding hydrogens is 356 g/mol. The number of carbonyl (C=O) groups is 2. The Hall–Kier alpha value is -2.99. The summed E-state index contributed by atoms with van der Waals surface area (Å²) in [7, 11) is 0. The van der Waals surface area contributed by atoms with Crippen molar-refractivity contribution in [1.82, 2.24) is 10.3 Å². The zero-order valence-corrected chi connectivity index (χ0v) is 14.5. The van der Waals surface area contributed by atoms with Crippen molar-refractivity contribution in [3.8, 4) is 0 Å². The highest BCUT2D eigenvalue weighted by Crippen LogP contribution is 2.23. The van der Waals surface area contributed by atoms with Crippen LogP contribution in [-0.4, -0.2) is 28.2 Å². The standard InChI is InChI=1S/C19H17ClN2O4/c20-14-6-7-15-13(10-21-16(15)9-14)8-17(18(23)24)22-19(25)26-11-12-4-2-1-3-5-12/h1-7,9-10,17,21H,8,11H2,(H,22,25)(H,23,24). The summed E-state index contributed by atoms with van der Waals surface area (Å²) in [6, 6.07) is 13.4. The molecule has 1 unspecified atom stereocenters. The first-order valence-electron chi connectivity index (χ1n) is 7.98. The summed E-state index contributed by atoms with van der Waals surface area (Å²) in [6.07, 6.45) is 1.06. The van der Waals surface area contributed by atoms with Crippen LogP contribution in [0.25, 0.3) is 10.9 Å². The lowest BCUT2D eigenvalue weighted by atomic mass is 10.1. The predicted molar refractivity (Wildman–Crippen MR) is 98.2 cm³/mol. The van der Waals surface area contributed by atoms with Crippen molar-refractivity contribution in [2.75, 3.05) is 0 Å². The van der Waals surface area contributed by atoms with E-state index in [-0.39, 0.29) is 13.0 Å². The van der Waals surface area contributed by atoms with Crippen LogP contribution in [0.5, 0.6) is 0 Å². The first-order chi connectivity index (χ1) is 12.5. The summed E-state index contributed by atoms with van der Waals surface area (Å²) < 4.78 is 5.09. The van der Waals surface area contributed by atoms with Crippen LogP contribution in [-0.2, 0) is 22.6 Å². The van der Waals surface area contributed by atoms with Gasteiger partial charge in [0.1, 0.15) is 12.6 Å². The maximum atomic E-state index is 11.9. The number of aliphatic carboxylic acids is 1. The number of carboxylic acids is 1. The van der Waals surface area contributed by atoms with Crippen molar-refractivity contribution in [2.24, 2.45) is 0 Å². The Bertz CT molecular complexity index is 924. The summed E-state index contributed by atoms with van der Waals surface area (Å²) in [5.74, 6) is -1.13. The summed E-state index contributed by atoms with van der Waals surface area (Å²) in [5.41, 5.74) is 2.40. The molecule has 2 aromatic carbocycles. The van der Waals surface area contributed by atoms with Crippen LogP contribution in [0.3, 0.4) is 0 Å². The van der Waals surface area contributed by atoms with E-state index in [9.17, 15) is 14.7 Å². The zero-order valence-electron chi connectivity index (χ0n) is 13.7. The third-order valence-corrected chi connectivity index (χ3v) is 4.19. The van der Waals surface area contributed by atoms with Gasteiger partial charge in [-0.1, -0.05) is 48.0 Å². The second kappa shape index (κ2) is 7.93. The minimum Gasteiger partial charge on any atom is -0.480 e. The van der Waals surface area contributed by atoms with Gasteiger partial charge in [0.15, 0.2) is 0 Å². The van der Waals surface area contributed by atoms with Crippen LogP contribution in [0.15, 0.2) is 54.7 Å². The molecule has 0 bridgehead atoms. The van der Waals surface area contributed by atoms with Crippen molar-refractivity contribution >= 4 is 34.6 Å². The minimum absolute atomic E-state index is 0.0740. The molecule has 1 amide bonds. The van der Waals surface area contributed by atoms with Crippen LogP contribution in [0.4, 0.5) is 4.79 Å². The van der Waals surface area contributed by atoms with E-state index in [2.05, 4.69) is 10.3 Å². The lowest BCUT2D eigenvalue weighted by Gasteiger charge is -2.14. The van der Waals surface area contributed by atoms with Gasteiger partial charge in [-0.15, -0.1) is 0 Å². The number of carboxylic acid groups (broad SMARTS) is 1. The minimum atomic E-state index is -1.13. The highest BCUT2D eigenvalue weighted by atomic mass is 35.5. The molecule has 134 valence electrons. The Morgan fingerprint density at radius 1 is 1.19 bits per heavy atom. The van der Waals surface area contributed by atoms with E-state index in [1.807, 2.05) is 36.4 Å². The maximum Gasteiger partial charge on any atom is 0.408 e. The van der Waals surface area contributed by atoms with Gasteiger partial charge in [0.2, 0.25) is 0 Å². The van der Waals surface area contributed by atoms with Crippen molar-refractivity contribution in [3.05, 3.63) is 70.9 Å². The van der Waals surface area contributed by atoms with Crippen LogP contribution in [0.1, 0.15) is 11.1 Å². The van der Waals surface area contributed by atoms with Crippen LogP contribution in [0, 0.1) is 0 Å². The maximum absolute atomic E-state index is 11.9. The van der Waals surface area contributed by atoms with Gasteiger partial charge >= 0.3 is 12.1 Å². The fraction of sp³-hybridized carbons (Fsp3) is 0.158. The van der Waals surface area contributed by atoms with E-state index in [1.54, 1.807) is 18.3 Å². The molecule has 0 aliphatic heterocycles. The third-order valence-electron chi connectivity index (χ3n) is 3.96. The molecule has 0 fully saturated rings. The van der Waals surface area contributed by atoms with Crippen LogP contribution < -0.4 is 5.32 Å². The Morgan fingerprint density at radius 2 is 1.96 bits per heavy atom. The molecule has 3 aromatic rings. The number of alkyl carbamates (subject to hydrolysis) is 1. The summed E-state index contributed by atoms with van der Waals surface area (Å²) in [5, 5.41) is 13.3. The number of ether oxygens (including phenoxy) is 1. The highest BCUT2D eigenvalue weighted by Gasteiger charge is 2.22. The number of fused-ring (bicyclic) bond motifs is 1. The monoisotopic (exact) mass is 372 g/mol. The van der Waals surface area contributed by atoms with E-state index in [1.165, 1.54) is 0 Å². The number of aromatic nitrogens is 1. The second-order valence-corrected chi connectivity index (χ2v) is 6.24. The Kier molecular flexibility index (Phi) is 5.43. The van der Waals surface area contributed by atoms with Crippen LogP contribution in [0.2, 0.25) is 5.02 Å². The molecule has 3 rings (SSSR count). The van der Waals surface area contributed by atoms with Gasteiger partial charge in [-0.2, -0.15) is 0 Å². The number of halogens is 1. The van der Waals surface area contributed by atoms with Gasteiger partial charge in [0.05, 0.1) is 0 Å². The quantitative estimate of drug-likeness (QED) is 0.614. The normalized spacial score (nSPS) is 11.9. The first-order valence-corrected chi connectivity index (χ1v) is 8.36. The lowest BCUT2D eigenvalue weighted by Crippen LogP contribution is -2.42. The summed E-state index contributed by atoms with van der Waals surface area (Å²) >= 11 is 5.95. The van der Waals surface area contributed by atoms with Gasteiger partial charge < -0.3 is 20.1 Å². The van der Waals surface area contributed by atoms with E-state index in [4.69, 9.17) is 16.3 Å². The van der Waals surface area contributed by atoms with Crippen molar-refractivity contribution in [2.45, 2.75) is 19.1 Å². The Labute approximate surface area is 154 Å². The molecular formula is C19H17ClN2O4. The highest BCUT2D eigenvalue weighted by molar-refractivity contribution is 6.31. The Morgan fingerprint density at radius 3 is 2.69 bits per heavy atom. The zero-order chi connectivity index (χ0) is 18.5. The molecule has 1 heterocycles. The van der Waals surface area contributed by atoms with E-state index in [0.29, 0.717) is 5.02 Å². The molecule has 7 heteroatoms. The first kappa shape index (κ1) is 17.8. The largest absolute Gasteiger partial charge is 0.480 e. The molecule has 0 spiro atoms. The Balaban J connectivity index is 1.65. The molecule has 0 radical (unpaired) electrons. The predicted octanol–water partition coefficient (Wildman–Crippen LogP) is 3.74. The molecule has 0 saturated carbocycles. The number of H-pyrrole nitrogens is 1. The van der Waals surface area contributed by atoms with Gasteiger partial charge in [-0.05, 0) is 23.3 Å². The lowest BCUT2D eigenvalue weighted by molar-refractivity contribution is -0.139. The molecule has 26 heavy (non-hydrogen) atoms. The second-order valence-electron chi connectivity index (χ2n) is 5.80. The van der Waals surface area contributed by atoms with E-state index < -0.39 is 18.1 Å². The van der Waals surface area contributed by atoms with Gasteiger partial charge in [0, 0.05) is 28.5 Å². The number of amides is 1. The SMILES string of the molecule is O=C(NC(Cc1c[nH]c2cc(Cl)ccc12)C(=O)O)OCc1ccccc1. The number of carbonyl (C=O) groups excluding carboxylic acids is 1. The average molecular weight is 373 g/mol. The molecule has 1 atom stereocenters. The number of rotatable bonds is 6. The average Bonchev–Trinajstić information content (AvgIpc) is 3.02. The summed E-state index contributed by atoms with van der Waals surface area (Å²) in [6.45, 7) is 0.0740. The van der Waals surface area contributed by atoms with Crippen molar-refractivity contribution in [3.63, 3.8) is 0 Å². The fourth-order valence-electron chi connectivity index (χ4n) is 2.65.